The second kappa shape index (κ2) is 10.8. The van der Waals surface area contributed by atoms with Gasteiger partial charge in [-0.05, 0) is 75.6 Å². The van der Waals surface area contributed by atoms with Crippen molar-refractivity contribution in [1.82, 2.24) is 10.2 Å². The summed E-state index contributed by atoms with van der Waals surface area (Å²) in [4.78, 5) is 27.1. The van der Waals surface area contributed by atoms with Crippen molar-refractivity contribution in [3.05, 3.63) is 62.6 Å². The minimum atomic E-state index is -0.646. The molecule has 1 atom stereocenters. The highest BCUT2D eigenvalue weighted by Gasteiger charge is 2.27. The summed E-state index contributed by atoms with van der Waals surface area (Å²) in [5, 5.41) is 3.48. The molecule has 0 saturated heterocycles. The maximum atomic E-state index is 13.0. The third-order valence-corrected chi connectivity index (χ3v) is 6.14. The molecule has 0 aromatic heterocycles. The van der Waals surface area contributed by atoms with Crippen LogP contribution in [0.4, 0.5) is 0 Å². The highest BCUT2D eigenvalue weighted by molar-refractivity contribution is 9.10. The highest BCUT2D eigenvalue weighted by atomic mass is 79.9. The maximum absolute atomic E-state index is 13.0. The zero-order chi connectivity index (χ0) is 22.4. The van der Waals surface area contributed by atoms with Crippen molar-refractivity contribution in [2.45, 2.75) is 53.2 Å². The fraction of sp³-hybridized carbons (Fsp3) is 0.391. The summed E-state index contributed by atoms with van der Waals surface area (Å²) in [5.74, 6) is 0.143. The molecule has 2 aromatic rings. The number of hydrogen-bond acceptors (Lipinski definition) is 3. The van der Waals surface area contributed by atoms with Gasteiger partial charge in [0.05, 0.1) is 0 Å². The lowest BCUT2D eigenvalue weighted by atomic mass is 10.1. The number of amides is 2. The van der Waals surface area contributed by atoms with E-state index in [9.17, 15) is 9.59 Å². The molecule has 2 amide bonds. The molecule has 0 saturated carbocycles. The first kappa shape index (κ1) is 24.2. The van der Waals surface area contributed by atoms with Crippen LogP contribution in [0.5, 0.6) is 5.75 Å². The van der Waals surface area contributed by atoms with Gasteiger partial charge in [0.1, 0.15) is 11.8 Å². The molecule has 0 spiro atoms. The lowest BCUT2D eigenvalue weighted by Crippen LogP contribution is -2.50. The Kier molecular flexibility index (Phi) is 8.74. The van der Waals surface area contributed by atoms with Crippen molar-refractivity contribution in [2.75, 3.05) is 6.61 Å². The number of nitrogens with one attached hydrogen (secondary N) is 1. The summed E-state index contributed by atoms with van der Waals surface area (Å²) in [7, 11) is 0. The van der Waals surface area contributed by atoms with Crippen LogP contribution in [-0.4, -0.2) is 35.4 Å². The lowest BCUT2D eigenvalue weighted by molar-refractivity contribution is -0.142. The molecule has 30 heavy (non-hydrogen) atoms. The molecule has 0 aliphatic rings. The van der Waals surface area contributed by atoms with E-state index in [4.69, 9.17) is 16.3 Å². The number of halogens is 2. The molecule has 7 heteroatoms. The summed E-state index contributed by atoms with van der Waals surface area (Å²) in [6, 6.07) is 10.3. The first-order valence-electron chi connectivity index (χ1n) is 9.82. The first-order chi connectivity index (χ1) is 14.1. The largest absolute Gasteiger partial charge is 0.484 e. The van der Waals surface area contributed by atoms with Crippen LogP contribution in [-0.2, 0) is 16.1 Å². The van der Waals surface area contributed by atoms with Gasteiger partial charge in [-0.1, -0.05) is 39.7 Å². The number of ether oxygens (including phenoxy) is 1. The fourth-order valence-corrected chi connectivity index (χ4v) is 3.35. The predicted octanol–water partition coefficient (Wildman–Crippen LogP) is 5.04. The molecule has 162 valence electrons. The van der Waals surface area contributed by atoms with Crippen molar-refractivity contribution >= 4 is 39.3 Å². The average molecular weight is 496 g/mol. The van der Waals surface area contributed by atoms with E-state index in [1.165, 1.54) is 4.90 Å². The molecule has 1 N–H and O–H groups in total. The van der Waals surface area contributed by atoms with Gasteiger partial charge in [-0.15, -0.1) is 0 Å². The van der Waals surface area contributed by atoms with E-state index >= 15 is 0 Å². The van der Waals surface area contributed by atoms with E-state index in [1.54, 1.807) is 19.1 Å². The van der Waals surface area contributed by atoms with Crippen LogP contribution in [0.2, 0.25) is 5.02 Å². The molecular weight excluding hydrogens is 468 g/mol. The SMILES string of the molecule is Cc1cc(OCC(=O)N(Cc2ccc(Cl)cc2)[C@@H](C)C(=O)NC(C)C)cc(C)c1Br. The van der Waals surface area contributed by atoms with Gasteiger partial charge in [-0.3, -0.25) is 9.59 Å². The second-order valence-corrected chi connectivity index (χ2v) is 8.88. The van der Waals surface area contributed by atoms with Gasteiger partial charge in [0, 0.05) is 22.1 Å². The normalized spacial score (nSPS) is 11.9. The molecule has 0 aliphatic heterocycles. The number of nitrogens with zero attached hydrogens (tertiary/aromatic N) is 1. The van der Waals surface area contributed by atoms with Crippen molar-refractivity contribution < 1.29 is 14.3 Å². The second-order valence-electron chi connectivity index (χ2n) is 7.65. The zero-order valence-electron chi connectivity index (χ0n) is 18.0. The van der Waals surface area contributed by atoms with Crippen molar-refractivity contribution in [3.8, 4) is 5.75 Å². The zero-order valence-corrected chi connectivity index (χ0v) is 20.3. The van der Waals surface area contributed by atoms with Crippen LogP contribution in [0.15, 0.2) is 40.9 Å². The van der Waals surface area contributed by atoms with E-state index in [1.807, 2.05) is 52.0 Å². The number of benzene rings is 2. The van der Waals surface area contributed by atoms with E-state index in [0.717, 1.165) is 21.2 Å². The van der Waals surface area contributed by atoms with Crippen LogP contribution < -0.4 is 10.1 Å². The summed E-state index contributed by atoms with van der Waals surface area (Å²) in [6.45, 7) is 9.56. The van der Waals surface area contributed by atoms with E-state index in [0.29, 0.717) is 10.8 Å². The number of rotatable bonds is 8. The Hall–Kier alpha value is -2.05. The van der Waals surface area contributed by atoms with Gasteiger partial charge < -0.3 is 15.0 Å². The molecule has 0 radical (unpaired) electrons. The topological polar surface area (TPSA) is 58.6 Å². The van der Waals surface area contributed by atoms with Gasteiger partial charge in [-0.25, -0.2) is 0 Å². The number of hydrogen-bond donors (Lipinski definition) is 1. The number of carbonyl (C=O) groups excluding carboxylic acids is 2. The van der Waals surface area contributed by atoms with E-state index in [-0.39, 0.29) is 31.0 Å². The van der Waals surface area contributed by atoms with Crippen LogP contribution in [0.1, 0.15) is 37.5 Å². The van der Waals surface area contributed by atoms with Gasteiger partial charge in [0.2, 0.25) is 5.91 Å². The van der Waals surface area contributed by atoms with Gasteiger partial charge in [0.15, 0.2) is 6.61 Å². The summed E-state index contributed by atoms with van der Waals surface area (Å²) < 4.78 is 6.79. The molecule has 0 bridgehead atoms. The molecule has 0 unspecified atom stereocenters. The minimum absolute atomic E-state index is 0.0163. The molecule has 2 aromatic carbocycles. The molecule has 2 rings (SSSR count). The standard InChI is InChI=1S/C23H28BrClN2O3/c1-14(2)26-23(29)17(5)27(12-18-6-8-19(25)9-7-18)21(28)13-30-20-10-15(3)22(24)16(4)11-20/h6-11,14,17H,12-13H2,1-5H3,(H,26,29)/t17-/m0/s1. The maximum Gasteiger partial charge on any atom is 0.261 e. The van der Waals surface area contributed by atoms with Crippen molar-refractivity contribution in [2.24, 2.45) is 0 Å². The van der Waals surface area contributed by atoms with Gasteiger partial charge in [-0.2, -0.15) is 0 Å². The molecule has 0 aliphatic carbocycles. The Bertz CT molecular complexity index is 877. The van der Waals surface area contributed by atoms with E-state index < -0.39 is 6.04 Å². The molecule has 0 fully saturated rings. The number of carbonyl (C=O) groups is 2. The van der Waals surface area contributed by atoms with Crippen LogP contribution in [0.3, 0.4) is 0 Å². The minimum Gasteiger partial charge on any atom is -0.484 e. The fourth-order valence-electron chi connectivity index (χ4n) is 2.99. The monoisotopic (exact) mass is 494 g/mol. The average Bonchev–Trinajstić information content (AvgIpc) is 2.68. The van der Waals surface area contributed by atoms with Crippen LogP contribution in [0.25, 0.3) is 0 Å². The quantitative estimate of drug-likeness (QED) is 0.558. The third kappa shape index (κ3) is 6.74. The van der Waals surface area contributed by atoms with Crippen molar-refractivity contribution in [1.29, 1.82) is 0 Å². The number of aryl methyl sites for hydroxylation is 2. The molecule has 0 heterocycles. The Morgan fingerprint density at radius 3 is 2.20 bits per heavy atom. The van der Waals surface area contributed by atoms with Gasteiger partial charge >= 0.3 is 0 Å². The lowest BCUT2D eigenvalue weighted by Gasteiger charge is -2.29. The molecular formula is C23H28BrClN2O3. The van der Waals surface area contributed by atoms with Crippen LogP contribution >= 0.6 is 27.5 Å². The molecule has 5 nitrogen and oxygen atoms in total. The smallest absolute Gasteiger partial charge is 0.261 e. The summed E-state index contributed by atoms with van der Waals surface area (Å²) in [6.07, 6.45) is 0. The summed E-state index contributed by atoms with van der Waals surface area (Å²) >= 11 is 9.50. The van der Waals surface area contributed by atoms with Crippen LogP contribution in [0, 0.1) is 13.8 Å². The first-order valence-corrected chi connectivity index (χ1v) is 11.0. The Morgan fingerprint density at radius 2 is 1.67 bits per heavy atom. The third-order valence-electron chi connectivity index (χ3n) is 4.64. The Balaban J connectivity index is 2.18. The summed E-state index contributed by atoms with van der Waals surface area (Å²) in [5.41, 5.74) is 2.94. The van der Waals surface area contributed by atoms with Gasteiger partial charge in [0.25, 0.3) is 5.91 Å². The van der Waals surface area contributed by atoms with E-state index in [2.05, 4.69) is 21.2 Å². The highest BCUT2D eigenvalue weighted by Crippen LogP contribution is 2.26. The predicted molar refractivity (Wildman–Crippen MR) is 124 cm³/mol. The Morgan fingerprint density at radius 1 is 1.10 bits per heavy atom. The van der Waals surface area contributed by atoms with Crippen molar-refractivity contribution in [3.63, 3.8) is 0 Å². The Labute approximate surface area is 191 Å².